The second-order valence-corrected chi connectivity index (χ2v) is 6.80. The molecule has 1 amide bonds. The number of alkyl carbamates (subject to hydrolysis) is 1. The summed E-state index contributed by atoms with van der Waals surface area (Å²) >= 11 is 3.15. The van der Waals surface area contributed by atoms with E-state index in [9.17, 15) is 14.0 Å². The quantitative estimate of drug-likeness (QED) is 0.825. The standard InChI is InChI=1S/C15H19BrFNO4/c1-15(2,3)22-14(21)18-11(8-13(19)20)6-9-4-5-10(16)7-12(9)17/h4-5,7,11H,6,8H2,1-3H3,(H,18,21)(H,19,20). The van der Waals surface area contributed by atoms with E-state index in [-0.39, 0.29) is 12.8 Å². The first-order valence-corrected chi connectivity index (χ1v) is 7.51. The second-order valence-electron chi connectivity index (χ2n) is 5.88. The van der Waals surface area contributed by atoms with Gasteiger partial charge in [0.25, 0.3) is 0 Å². The number of carboxylic acid groups (broad SMARTS) is 1. The van der Waals surface area contributed by atoms with Crippen LogP contribution in [0.15, 0.2) is 22.7 Å². The number of rotatable bonds is 5. The molecule has 0 aliphatic carbocycles. The zero-order chi connectivity index (χ0) is 16.9. The van der Waals surface area contributed by atoms with Gasteiger partial charge in [0.1, 0.15) is 11.4 Å². The fourth-order valence-electron chi connectivity index (χ4n) is 1.81. The van der Waals surface area contributed by atoms with Crippen LogP contribution in [0.1, 0.15) is 32.8 Å². The molecule has 122 valence electrons. The van der Waals surface area contributed by atoms with Crippen molar-refractivity contribution in [3.05, 3.63) is 34.1 Å². The van der Waals surface area contributed by atoms with Gasteiger partial charge >= 0.3 is 12.1 Å². The molecule has 0 radical (unpaired) electrons. The first-order chi connectivity index (χ1) is 10.1. The maximum Gasteiger partial charge on any atom is 0.407 e. The molecule has 0 bridgehead atoms. The number of carbonyl (C=O) groups is 2. The lowest BCUT2D eigenvalue weighted by atomic mass is 10.0. The first kappa shape index (κ1) is 18.4. The molecule has 0 aliphatic rings. The molecule has 1 unspecified atom stereocenters. The Kier molecular flexibility index (Phi) is 6.34. The molecule has 5 nitrogen and oxygen atoms in total. The number of carbonyl (C=O) groups excluding carboxylic acids is 1. The van der Waals surface area contributed by atoms with Gasteiger partial charge in [0.05, 0.1) is 6.42 Å². The molecule has 1 atom stereocenters. The lowest BCUT2D eigenvalue weighted by Crippen LogP contribution is -2.41. The number of ether oxygens (including phenoxy) is 1. The molecule has 7 heteroatoms. The van der Waals surface area contributed by atoms with E-state index < -0.39 is 29.5 Å². The summed E-state index contributed by atoms with van der Waals surface area (Å²) in [4.78, 5) is 22.7. The number of hydrogen-bond acceptors (Lipinski definition) is 3. The van der Waals surface area contributed by atoms with Gasteiger partial charge in [0.2, 0.25) is 0 Å². The summed E-state index contributed by atoms with van der Waals surface area (Å²) in [5, 5.41) is 11.4. The van der Waals surface area contributed by atoms with Crippen molar-refractivity contribution >= 4 is 28.0 Å². The Hall–Kier alpha value is -1.63. The number of halogens is 2. The number of aliphatic carboxylic acids is 1. The molecule has 22 heavy (non-hydrogen) atoms. The van der Waals surface area contributed by atoms with Crippen molar-refractivity contribution in [2.24, 2.45) is 0 Å². The van der Waals surface area contributed by atoms with Gasteiger partial charge in [0, 0.05) is 10.5 Å². The minimum Gasteiger partial charge on any atom is -0.481 e. The summed E-state index contributed by atoms with van der Waals surface area (Å²) in [5.74, 6) is -1.55. The van der Waals surface area contributed by atoms with Crippen LogP contribution in [0.3, 0.4) is 0 Å². The minimum atomic E-state index is -1.08. The number of benzene rings is 1. The lowest BCUT2D eigenvalue weighted by molar-refractivity contribution is -0.137. The van der Waals surface area contributed by atoms with Crippen LogP contribution in [0.4, 0.5) is 9.18 Å². The van der Waals surface area contributed by atoms with Gasteiger partial charge in [0.15, 0.2) is 0 Å². The summed E-state index contributed by atoms with van der Waals surface area (Å²) in [5.41, 5.74) is -0.369. The van der Waals surface area contributed by atoms with Crippen molar-refractivity contribution in [3.8, 4) is 0 Å². The highest BCUT2D eigenvalue weighted by Gasteiger charge is 2.22. The van der Waals surface area contributed by atoms with Crippen molar-refractivity contribution in [1.82, 2.24) is 5.32 Å². The number of amides is 1. The predicted octanol–water partition coefficient (Wildman–Crippen LogP) is 3.50. The SMILES string of the molecule is CC(C)(C)OC(=O)NC(CC(=O)O)Cc1ccc(Br)cc1F. The Morgan fingerprint density at radius 1 is 1.41 bits per heavy atom. The molecule has 0 saturated heterocycles. The van der Waals surface area contributed by atoms with Crippen molar-refractivity contribution in [1.29, 1.82) is 0 Å². The molecule has 0 aliphatic heterocycles. The van der Waals surface area contributed by atoms with Crippen LogP contribution in [-0.4, -0.2) is 28.8 Å². The molecular formula is C15H19BrFNO4. The average Bonchev–Trinajstić information content (AvgIpc) is 2.29. The Balaban J connectivity index is 2.80. The Labute approximate surface area is 137 Å². The summed E-state index contributed by atoms with van der Waals surface area (Å²) in [6.07, 6.45) is -0.990. The van der Waals surface area contributed by atoms with Crippen molar-refractivity contribution in [2.45, 2.75) is 45.3 Å². The maximum absolute atomic E-state index is 13.8. The number of nitrogens with one attached hydrogen (secondary N) is 1. The molecule has 0 heterocycles. The van der Waals surface area contributed by atoms with Gasteiger partial charge in [-0.25, -0.2) is 9.18 Å². The van der Waals surface area contributed by atoms with E-state index in [2.05, 4.69) is 21.2 Å². The van der Waals surface area contributed by atoms with Crippen LogP contribution in [0, 0.1) is 5.82 Å². The Morgan fingerprint density at radius 2 is 2.05 bits per heavy atom. The van der Waals surface area contributed by atoms with Crippen molar-refractivity contribution in [3.63, 3.8) is 0 Å². The number of hydrogen-bond donors (Lipinski definition) is 2. The van der Waals surface area contributed by atoms with E-state index in [1.54, 1.807) is 32.9 Å². The molecular weight excluding hydrogens is 357 g/mol. The molecule has 0 saturated carbocycles. The molecule has 1 aromatic carbocycles. The lowest BCUT2D eigenvalue weighted by Gasteiger charge is -2.23. The summed E-state index contributed by atoms with van der Waals surface area (Å²) in [6.45, 7) is 5.10. The van der Waals surface area contributed by atoms with E-state index in [0.29, 0.717) is 10.0 Å². The fourth-order valence-corrected chi connectivity index (χ4v) is 2.15. The van der Waals surface area contributed by atoms with Crippen molar-refractivity contribution < 1.29 is 23.8 Å². The maximum atomic E-state index is 13.8. The highest BCUT2D eigenvalue weighted by molar-refractivity contribution is 9.10. The summed E-state index contributed by atoms with van der Waals surface area (Å²) in [7, 11) is 0. The minimum absolute atomic E-state index is 0.0602. The van der Waals surface area contributed by atoms with Crippen LogP contribution in [0.25, 0.3) is 0 Å². The Morgan fingerprint density at radius 3 is 2.55 bits per heavy atom. The van der Waals surface area contributed by atoms with Crippen molar-refractivity contribution in [2.75, 3.05) is 0 Å². The van der Waals surface area contributed by atoms with E-state index in [1.807, 2.05) is 0 Å². The predicted molar refractivity (Wildman–Crippen MR) is 83.2 cm³/mol. The normalized spacial score (nSPS) is 12.6. The van der Waals surface area contributed by atoms with Crippen LogP contribution in [0.2, 0.25) is 0 Å². The van der Waals surface area contributed by atoms with Gasteiger partial charge in [-0.1, -0.05) is 22.0 Å². The van der Waals surface area contributed by atoms with Crippen LogP contribution < -0.4 is 5.32 Å². The molecule has 1 aromatic rings. The molecule has 0 fully saturated rings. The van der Waals surface area contributed by atoms with Gasteiger partial charge in [-0.3, -0.25) is 4.79 Å². The topological polar surface area (TPSA) is 75.6 Å². The summed E-state index contributed by atoms with van der Waals surface area (Å²) < 4.78 is 19.5. The molecule has 0 aromatic heterocycles. The zero-order valence-electron chi connectivity index (χ0n) is 12.7. The zero-order valence-corrected chi connectivity index (χ0v) is 14.2. The highest BCUT2D eigenvalue weighted by atomic mass is 79.9. The largest absolute Gasteiger partial charge is 0.481 e. The smallest absolute Gasteiger partial charge is 0.407 e. The van der Waals surface area contributed by atoms with Crippen LogP contribution >= 0.6 is 15.9 Å². The third kappa shape index (κ3) is 6.89. The van der Waals surface area contributed by atoms with Gasteiger partial charge in [-0.15, -0.1) is 0 Å². The number of carboxylic acids is 1. The van der Waals surface area contributed by atoms with Gasteiger partial charge < -0.3 is 15.2 Å². The summed E-state index contributed by atoms with van der Waals surface area (Å²) in [6, 6.07) is 3.73. The van der Waals surface area contributed by atoms with Crippen LogP contribution in [0.5, 0.6) is 0 Å². The first-order valence-electron chi connectivity index (χ1n) is 6.72. The van der Waals surface area contributed by atoms with Crippen LogP contribution in [-0.2, 0) is 16.0 Å². The molecule has 1 rings (SSSR count). The fraction of sp³-hybridized carbons (Fsp3) is 0.467. The Bertz CT molecular complexity index is 557. The monoisotopic (exact) mass is 375 g/mol. The molecule has 0 spiro atoms. The third-order valence-corrected chi connectivity index (χ3v) is 3.12. The molecule has 2 N–H and O–H groups in total. The highest BCUT2D eigenvalue weighted by Crippen LogP contribution is 2.17. The third-order valence-electron chi connectivity index (χ3n) is 2.62. The average molecular weight is 376 g/mol. The van der Waals surface area contributed by atoms with Gasteiger partial charge in [-0.05, 0) is 44.9 Å². The van der Waals surface area contributed by atoms with E-state index in [1.165, 1.54) is 6.07 Å². The van der Waals surface area contributed by atoms with E-state index in [0.717, 1.165) is 0 Å². The second kappa shape index (κ2) is 7.58. The van der Waals surface area contributed by atoms with E-state index >= 15 is 0 Å². The van der Waals surface area contributed by atoms with E-state index in [4.69, 9.17) is 9.84 Å². The van der Waals surface area contributed by atoms with Gasteiger partial charge in [-0.2, -0.15) is 0 Å².